The van der Waals surface area contributed by atoms with Crippen LogP contribution in [0.5, 0.6) is 0 Å². The third-order valence-corrected chi connectivity index (χ3v) is 3.07. The van der Waals surface area contributed by atoms with Crippen LogP contribution in [-0.2, 0) is 0 Å². The van der Waals surface area contributed by atoms with Crippen molar-refractivity contribution in [3.63, 3.8) is 0 Å². The number of piperidine rings is 1. The molecule has 17 heavy (non-hydrogen) atoms. The van der Waals surface area contributed by atoms with Gasteiger partial charge in [-0.3, -0.25) is 0 Å². The number of halogens is 1. The number of nitrogens with zero attached hydrogens (tertiary/aromatic N) is 2. The van der Waals surface area contributed by atoms with E-state index in [4.69, 9.17) is 0 Å². The number of hydrogen-bond donors (Lipinski definition) is 1. The highest BCUT2D eigenvalue weighted by Gasteiger charge is 2.08. The van der Waals surface area contributed by atoms with Gasteiger partial charge in [-0.2, -0.15) is 0 Å². The normalized spacial score (nSPS) is 16.2. The van der Waals surface area contributed by atoms with Gasteiger partial charge < -0.3 is 10.2 Å². The minimum Gasteiger partial charge on any atom is -0.370 e. The van der Waals surface area contributed by atoms with Crippen LogP contribution >= 0.6 is 12.4 Å². The molecule has 0 saturated carbocycles. The number of aromatic nitrogens is 1. The second-order valence-corrected chi connectivity index (χ2v) is 4.40. The van der Waals surface area contributed by atoms with Crippen LogP contribution in [0.3, 0.4) is 0 Å². The molecule has 4 heteroatoms. The average Bonchev–Trinajstić information content (AvgIpc) is 2.37. The minimum atomic E-state index is 0. The highest BCUT2D eigenvalue weighted by Crippen LogP contribution is 2.08. The average molecular weight is 256 g/mol. The first kappa shape index (κ1) is 14.3. The number of anilines is 1. The third-order valence-electron chi connectivity index (χ3n) is 3.07. The first-order chi connectivity index (χ1) is 7.95. The lowest BCUT2D eigenvalue weighted by atomic mass is 10.1. The molecule has 0 unspecified atom stereocenters. The molecule has 1 aliphatic heterocycles. The fraction of sp³-hybridized carbons (Fsp3) is 0.615. The van der Waals surface area contributed by atoms with Crippen LogP contribution in [0.4, 0.5) is 5.82 Å². The lowest BCUT2D eigenvalue weighted by molar-refractivity contribution is 0.228. The summed E-state index contributed by atoms with van der Waals surface area (Å²) in [6, 6.07) is 5.97. The Morgan fingerprint density at radius 1 is 1.18 bits per heavy atom. The molecule has 2 rings (SSSR count). The van der Waals surface area contributed by atoms with Gasteiger partial charge in [-0.15, -0.1) is 12.4 Å². The largest absolute Gasteiger partial charge is 0.370 e. The van der Waals surface area contributed by atoms with E-state index in [0.29, 0.717) is 0 Å². The predicted molar refractivity (Wildman–Crippen MR) is 74.9 cm³/mol. The summed E-state index contributed by atoms with van der Waals surface area (Å²) in [4.78, 5) is 6.81. The lowest BCUT2D eigenvalue weighted by Gasteiger charge is -2.26. The molecule has 1 saturated heterocycles. The molecular weight excluding hydrogens is 234 g/mol. The van der Waals surface area contributed by atoms with Gasteiger partial charge in [-0.05, 0) is 51.0 Å². The fourth-order valence-corrected chi connectivity index (χ4v) is 2.17. The summed E-state index contributed by atoms with van der Waals surface area (Å²) in [5.74, 6) is 0.987. The number of likely N-dealkylation sites (tertiary alicyclic amines) is 1. The zero-order valence-electron chi connectivity index (χ0n) is 10.3. The van der Waals surface area contributed by atoms with Gasteiger partial charge in [0, 0.05) is 12.7 Å². The van der Waals surface area contributed by atoms with E-state index in [0.717, 1.165) is 12.4 Å². The predicted octanol–water partition coefficient (Wildman–Crippen LogP) is 2.79. The number of pyridine rings is 1. The third kappa shape index (κ3) is 5.37. The molecule has 2 heterocycles. The Kier molecular flexibility index (Phi) is 6.97. The quantitative estimate of drug-likeness (QED) is 0.821. The van der Waals surface area contributed by atoms with Gasteiger partial charge in [0.1, 0.15) is 5.82 Å². The van der Waals surface area contributed by atoms with Crippen LogP contribution in [0.2, 0.25) is 0 Å². The molecule has 1 aromatic heterocycles. The molecule has 0 amide bonds. The van der Waals surface area contributed by atoms with Crippen molar-refractivity contribution in [3.8, 4) is 0 Å². The summed E-state index contributed by atoms with van der Waals surface area (Å²) in [5, 5.41) is 3.35. The van der Waals surface area contributed by atoms with Gasteiger partial charge in [0.25, 0.3) is 0 Å². The number of rotatable bonds is 5. The summed E-state index contributed by atoms with van der Waals surface area (Å²) >= 11 is 0. The van der Waals surface area contributed by atoms with E-state index in [2.05, 4.69) is 15.2 Å². The fourth-order valence-electron chi connectivity index (χ4n) is 2.17. The van der Waals surface area contributed by atoms with E-state index < -0.39 is 0 Å². The Labute approximate surface area is 110 Å². The van der Waals surface area contributed by atoms with E-state index in [1.165, 1.54) is 45.3 Å². The number of hydrogen-bond acceptors (Lipinski definition) is 3. The second kappa shape index (κ2) is 8.31. The van der Waals surface area contributed by atoms with Gasteiger partial charge in [0.05, 0.1) is 0 Å². The van der Waals surface area contributed by atoms with Gasteiger partial charge in [-0.1, -0.05) is 12.5 Å². The minimum absolute atomic E-state index is 0. The van der Waals surface area contributed by atoms with E-state index >= 15 is 0 Å². The molecule has 3 nitrogen and oxygen atoms in total. The van der Waals surface area contributed by atoms with Crippen LogP contribution in [0.1, 0.15) is 25.7 Å². The molecule has 0 bridgehead atoms. The van der Waals surface area contributed by atoms with Crippen molar-refractivity contribution >= 4 is 18.2 Å². The van der Waals surface area contributed by atoms with Crippen LogP contribution in [0, 0.1) is 0 Å². The summed E-state index contributed by atoms with van der Waals surface area (Å²) in [5.41, 5.74) is 0. The summed E-state index contributed by atoms with van der Waals surface area (Å²) < 4.78 is 0. The molecule has 1 N–H and O–H groups in total. The van der Waals surface area contributed by atoms with Crippen LogP contribution in [0.25, 0.3) is 0 Å². The molecule has 0 aliphatic carbocycles. The van der Waals surface area contributed by atoms with Crippen molar-refractivity contribution in [3.05, 3.63) is 24.4 Å². The maximum Gasteiger partial charge on any atom is 0.125 e. The molecule has 0 radical (unpaired) electrons. The second-order valence-electron chi connectivity index (χ2n) is 4.40. The molecule has 1 aliphatic rings. The maximum absolute atomic E-state index is 4.24. The van der Waals surface area contributed by atoms with E-state index in [9.17, 15) is 0 Å². The monoisotopic (exact) mass is 255 g/mol. The van der Waals surface area contributed by atoms with Crippen LogP contribution in [0.15, 0.2) is 24.4 Å². The molecule has 0 spiro atoms. The Hall–Kier alpha value is -0.800. The maximum atomic E-state index is 4.24. The van der Waals surface area contributed by atoms with E-state index in [-0.39, 0.29) is 12.4 Å². The van der Waals surface area contributed by atoms with Crippen molar-refractivity contribution in [2.24, 2.45) is 0 Å². The van der Waals surface area contributed by atoms with Crippen molar-refractivity contribution in [1.29, 1.82) is 0 Å². The Morgan fingerprint density at radius 2 is 2.00 bits per heavy atom. The van der Waals surface area contributed by atoms with Gasteiger partial charge in [0.2, 0.25) is 0 Å². The Morgan fingerprint density at radius 3 is 2.71 bits per heavy atom. The zero-order chi connectivity index (χ0) is 11.1. The van der Waals surface area contributed by atoms with Crippen molar-refractivity contribution < 1.29 is 0 Å². The van der Waals surface area contributed by atoms with Crippen molar-refractivity contribution in [2.45, 2.75) is 25.7 Å². The molecular formula is C13H22ClN3. The van der Waals surface area contributed by atoms with Crippen molar-refractivity contribution in [1.82, 2.24) is 9.88 Å². The van der Waals surface area contributed by atoms with Gasteiger partial charge in [-0.25, -0.2) is 4.98 Å². The first-order valence-electron chi connectivity index (χ1n) is 6.32. The Bertz CT molecular complexity index is 286. The SMILES string of the molecule is Cl.c1ccc(NCCCN2CCCCC2)nc1. The standard InChI is InChI=1S/C13H21N3.ClH/c1-4-10-16(11-5-1)12-6-9-15-13-7-2-3-8-14-13;/h2-3,7-8H,1,4-6,9-12H2,(H,14,15);1H. The number of nitrogens with one attached hydrogen (secondary N) is 1. The molecule has 1 fully saturated rings. The van der Waals surface area contributed by atoms with Crippen molar-refractivity contribution in [2.75, 3.05) is 31.5 Å². The highest BCUT2D eigenvalue weighted by atomic mass is 35.5. The Balaban J connectivity index is 0.00000144. The molecule has 1 aromatic rings. The van der Waals surface area contributed by atoms with Gasteiger partial charge >= 0.3 is 0 Å². The van der Waals surface area contributed by atoms with Crippen LogP contribution < -0.4 is 5.32 Å². The molecule has 96 valence electrons. The molecule has 0 atom stereocenters. The summed E-state index contributed by atoms with van der Waals surface area (Å²) in [7, 11) is 0. The topological polar surface area (TPSA) is 28.2 Å². The zero-order valence-corrected chi connectivity index (χ0v) is 11.1. The summed E-state index contributed by atoms with van der Waals surface area (Å²) in [6.45, 7) is 4.83. The van der Waals surface area contributed by atoms with E-state index in [1.54, 1.807) is 0 Å². The molecule has 0 aromatic carbocycles. The smallest absolute Gasteiger partial charge is 0.125 e. The van der Waals surface area contributed by atoms with Gasteiger partial charge in [0.15, 0.2) is 0 Å². The van der Waals surface area contributed by atoms with Crippen LogP contribution in [-0.4, -0.2) is 36.1 Å². The first-order valence-corrected chi connectivity index (χ1v) is 6.32. The van der Waals surface area contributed by atoms with E-state index in [1.807, 2.05) is 24.4 Å². The summed E-state index contributed by atoms with van der Waals surface area (Å²) in [6.07, 6.45) is 7.22. The lowest BCUT2D eigenvalue weighted by Crippen LogP contribution is -2.31. The highest BCUT2D eigenvalue weighted by molar-refractivity contribution is 5.85.